The molecule has 0 amide bonds. The van der Waals surface area contributed by atoms with Gasteiger partial charge in [0.05, 0.1) is 24.3 Å². The number of ketones is 1. The molecular formula is C17H16FNO2. The first-order valence-electron chi connectivity index (χ1n) is 7.03. The molecule has 0 saturated carbocycles. The lowest BCUT2D eigenvalue weighted by atomic mass is 9.81. The van der Waals surface area contributed by atoms with Crippen molar-refractivity contribution < 1.29 is 13.9 Å². The fourth-order valence-corrected chi connectivity index (χ4v) is 2.95. The number of carbonyl (C=O) groups is 1. The van der Waals surface area contributed by atoms with E-state index in [9.17, 15) is 9.18 Å². The summed E-state index contributed by atoms with van der Waals surface area (Å²) in [5, 5.41) is 0. The van der Waals surface area contributed by atoms with Gasteiger partial charge in [-0.1, -0.05) is 12.1 Å². The quantitative estimate of drug-likeness (QED) is 0.810. The standard InChI is InChI=1S/C17H16FNO2/c1-21-14-9-3-8-13(18)15(14)17(20)12-7-2-5-11-6-4-10-19-16(11)12/h3-4,6,8-10,12H,2,5,7H2,1H3. The Morgan fingerprint density at radius 3 is 3.00 bits per heavy atom. The number of ether oxygens (including phenoxy) is 1. The van der Waals surface area contributed by atoms with Gasteiger partial charge in [0.25, 0.3) is 0 Å². The maximum absolute atomic E-state index is 14.1. The maximum Gasteiger partial charge on any atom is 0.178 e. The predicted octanol–water partition coefficient (Wildman–Crippen LogP) is 3.53. The summed E-state index contributed by atoms with van der Waals surface area (Å²) in [4.78, 5) is 17.2. The summed E-state index contributed by atoms with van der Waals surface area (Å²) in [5.41, 5.74) is 1.89. The Kier molecular flexibility index (Phi) is 3.69. The molecule has 2 aromatic rings. The lowest BCUT2D eigenvalue weighted by Crippen LogP contribution is -2.21. The molecule has 21 heavy (non-hydrogen) atoms. The molecule has 1 atom stereocenters. The summed E-state index contributed by atoms with van der Waals surface area (Å²) < 4.78 is 19.2. The number of aromatic nitrogens is 1. The fourth-order valence-electron chi connectivity index (χ4n) is 2.95. The third-order valence-electron chi connectivity index (χ3n) is 3.95. The average Bonchev–Trinajstić information content (AvgIpc) is 2.53. The van der Waals surface area contributed by atoms with Gasteiger partial charge in [0.15, 0.2) is 5.78 Å². The molecule has 3 rings (SSSR count). The molecule has 1 aromatic heterocycles. The van der Waals surface area contributed by atoms with Gasteiger partial charge in [0, 0.05) is 6.20 Å². The van der Waals surface area contributed by atoms with Crippen LogP contribution in [0.4, 0.5) is 4.39 Å². The smallest absolute Gasteiger partial charge is 0.178 e. The van der Waals surface area contributed by atoms with Crippen molar-refractivity contribution >= 4 is 5.78 Å². The van der Waals surface area contributed by atoms with E-state index >= 15 is 0 Å². The molecule has 1 aromatic carbocycles. The van der Waals surface area contributed by atoms with Crippen molar-refractivity contribution in [2.75, 3.05) is 7.11 Å². The van der Waals surface area contributed by atoms with Gasteiger partial charge in [-0.3, -0.25) is 9.78 Å². The van der Waals surface area contributed by atoms with Crippen LogP contribution in [-0.2, 0) is 6.42 Å². The highest BCUT2D eigenvalue weighted by Crippen LogP contribution is 2.35. The summed E-state index contributed by atoms with van der Waals surface area (Å²) in [5.74, 6) is -0.893. The number of carbonyl (C=O) groups excluding carboxylic acids is 1. The summed E-state index contributed by atoms with van der Waals surface area (Å²) in [7, 11) is 1.44. The number of Topliss-reactive ketones (excluding diaryl/α,β-unsaturated/α-hetero) is 1. The number of hydrogen-bond donors (Lipinski definition) is 0. The second kappa shape index (κ2) is 5.64. The monoisotopic (exact) mass is 285 g/mol. The molecule has 1 aliphatic rings. The molecule has 0 radical (unpaired) electrons. The van der Waals surface area contributed by atoms with E-state index in [0.29, 0.717) is 6.42 Å². The Morgan fingerprint density at radius 1 is 1.33 bits per heavy atom. The summed E-state index contributed by atoms with van der Waals surface area (Å²) in [6, 6.07) is 8.30. The minimum atomic E-state index is -0.539. The van der Waals surface area contributed by atoms with Crippen LogP contribution >= 0.6 is 0 Å². The summed E-state index contributed by atoms with van der Waals surface area (Å²) in [6.07, 6.45) is 4.20. The van der Waals surface area contributed by atoms with E-state index in [-0.39, 0.29) is 23.0 Å². The number of methoxy groups -OCH3 is 1. The molecule has 0 spiro atoms. The highest BCUT2D eigenvalue weighted by Gasteiger charge is 2.31. The normalized spacial score (nSPS) is 17.1. The van der Waals surface area contributed by atoms with Gasteiger partial charge in [0.1, 0.15) is 11.6 Å². The van der Waals surface area contributed by atoms with E-state index in [4.69, 9.17) is 4.74 Å². The zero-order valence-electron chi connectivity index (χ0n) is 11.8. The zero-order valence-corrected chi connectivity index (χ0v) is 11.8. The van der Waals surface area contributed by atoms with E-state index < -0.39 is 5.82 Å². The molecule has 0 aliphatic heterocycles. The first kappa shape index (κ1) is 13.7. The number of benzene rings is 1. The number of aryl methyl sites for hydroxylation is 1. The van der Waals surface area contributed by atoms with Gasteiger partial charge in [-0.25, -0.2) is 4.39 Å². The van der Waals surface area contributed by atoms with E-state index in [0.717, 1.165) is 24.1 Å². The van der Waals surface area contributed by atoms with Crippen LogP contribution < -0.4 is 4.74 Å². The van der Waals surface area contributed by atoms with Crippen molar-refractivity contribution in [1.29, 1.82) is 0 Å². The second-order valence-corrected chi connectivity index (χ2v) is 5.17. The molecule has 1 heterocycles. The van der Waals surface area contributed by atoms with Gasteiger partial charge >= 0.3 is 0 Å². The highest BCUT2D eigenvalue weighted by molar-refractivity contribution is 6.03. The number of nitrogens with zero attached hydrogens (tertiary/aromatic N) is 1. The van der Waals surface area contributed by atoms with E-state index in [2.05, 4.69) is 4.98 Å². The summed E-state index contributed by atoms with van der Waals surface area (Å²) >= 11 is 0. The van der Waals surface area contributed by atoms with Crippen LogP contribution in [-0.4, -0.2) is 17.9 Å². The maximum atomic E-state index is 14.1. The van der Waals surface area contributed by atoms with Gasteiger partial charge in [0.2, 0.25) is 0 Å². The molecule has 1 unspecified atom stereocenters. The predicted molar refractivity (Wildman–Crippen MR) is 77.2 cm³/mol. The van der Waals surface area contributed by atoms with E-state index in [1.54, 1.807) is 12.3 Å². The van der Waals surface area contributed by atoms with Crippen LogP contribution in [0, 0.1) is 5.82 Å². The van der Waals surface area contributed by atoms with Gasteiger partial charge in [-0.2, -0.15) is 0 Å². The SMILES string of the molecule is COc1cccc(F)c1C(=O)C1CCCc2cccnc21. The molecule has 108 valence electrons. The van der Waals surface area contributed by atoms with Crippen molar-refractivity contribution in [2.45, 2.75) is 25.2 Å². The van der Waals surface area contributed by atoms with Crippen LogP contribution in [0.25, 0.3) is 0 Å². The first-order chi connectivity index (χ1) is 10.2. The number of fused-ring (bicyclic) bond motifs is 1. The molecule has 0 bridgehead atoms. The van der Waals surface area contributed by atoms with Gasteiger partial charge in [-0.15, -0.1) is 0 Å². The number of hydrogen-bond acceptors (Lipinski definition) is 3. The molecule has 3 nitrogen and oxygen atoms in total. The minimum Gasteiger partial charge on any atom is -0.496 e. The van der Waals surface area contributed by atoms with Crippen LogP contribution in [0.1, 0.15) is 40.4 Å². The average molecular weight is 285 g/mol. The van der Waals surface area contributed by atoms with Crippen molar-refractivity contribution in [3.05, 3.63) is 59.2 Å². The molecule has 0 N–H and O–H groups in total. The van der Waals surface area contributed by atoms with E-state index in [1.165, 1.54) is 19.2 Å². The first-order valence-corrected chi connectivity index (χ1v) is 7.03. The van der Waals surface area contributed by atoms with Crippen LogP contribution in [0.15, 0.2) is 36.5 Å². The zero-order chi connectivity index (χ0) is 14.8. The van der Waals surface area contributed by atoms with Gasteiger partial charge < -0.3 is 4.74 Å². The second-order valence-electron chi connectivity index (χ2n) is 5.17. The lowest BCUT2D eigenvalue weighted by molar-refractivity contribution is 0.0941. The third kappa shape index (κ3) is 2.42. The Morgan fingerprint density at radius 2 is 2.19 bits per heavy atom. The highest BCUT2D eigenvalue weighted by atomic mass is 19.1. The molecule has 0 fully saturated rings. The Labute approximate surface area is 122 Å². The molecular weight excluding hydrogens is 269 g/mol. The van der Waals surface area contributed by atoms with Crippen molar-refractivity contribution in [2.24, 2.45) is 0 Å². The molecule has 1 aliphatic carbocycles. The molecule has 0 saturated heterocycles. The lowest BCUT2D eigenvalue weighted by Gasteiger charge is -2.23. The van der Waals surface area contributed by atoms with E-state index in [1.807, 2.05) is 12.1 Å². The number of halogens is 1. The topological polar surface area (TPSA) is 39.2 Å². The van der Waals surface area contributed by atoms with Crippen molar-refractivity contribution in [3.8, 4) is 5.75 Å². The minimum absolute atomic E-state index is 0.0310. The van der Waals surface area contributed by atoms with Crippen LogP contribution in [0.3, 0.4) is 0 Å². The summed E-state index contributed by atoms with van der Waals surface area (Å²) in [6.45, 7) is 0. The van der Waals surface area contributed by atoms with Crippen molar-refractivity contribution in [1.82, 2.24) is 4.98 Å². The van der Waals surface area contributed by atoms with Crippen LogP contribution in [0.5, 0.6) is 5.75 Å². The Balaban J connectivity index is 2.05. The van der Waals surface area contributed by atoms with Crippen molar-refractivity contribution in [3.63, 3.8) is 0 Å². The molecule has 4 heteroatoms. The Hall–Kier alpha value is -2.23. The fraction of sp³-hybridized carbons (Fsp3) is 0.294. The Bertz CT molecular complexity index is 684. The largest absolute Gasteiger partial charge is 0.496 e. The van der Waals surface area contributed by atoms with Crippen LogP contribution in [0.2, 0.25) is 0 Å². The number of pyridine rings is 1. The third-order valence-corrected chi connectivity index (χ3v) is 3.95. The van der Waals surface area contributed by atoms with Gasteiger partial charge in [-0.05, 0) is 43.0 Å². The number of rotatable bonds is 3.